The summed E-state index contributed by atoms with van der Waals surface area (Å²) in [7, 11) is 0. The van der Waals surface area contributed by atoms with Crippen molar-refractivity contribution in [1.82, 2.24) is 0 Å². The molecule has 0 spiro atoms. The van der Waals surface area contributed by atoms with E-state index in [0.29, 0.717) is 6.61 Å². The van der Waals surface area contributed by atoms with Crippen molar-refractivity contribution in [2.24, 2.45) is 5.41 Å². The summed E-state index contributed by atoms with van der Waals surface area (Å²) in [6.07, 6.45) is 1.03. The van der Waals surface area contributed by atoms with Gasteiger partial charge in [0.25, 0.3) is 0 Å². The van der Waals surface area contributed by atoms with Crippen LogP contribution < -0.4 is 0 Å². The van der Waals surface area contributed by atoms with Gasteiger partial charge in [-0.3, -0.25) is 19.2 Å². The van der Waals surface area contributed by atoms with Crippen LogP contribution in [0.3, 0.4) is 0 Å². The third kappa shape index (κ3) is 18.9. The van der Waals surface area contributed by atoms with Crippen molar-refractivity contribution in [3.8, 4) is 0 Å². The molecule has 0 aromatic rings. The van der Waals surface area contributed by atoms with Gasteiger partial charge in [0.1, 0.15) is 0 Å². The average Bonchev–Trinajstić information content (AvgIpc) is 2.74. The number of hydrogen-bond acceptors (Lipinski definition) is 9. The number of ether oxygens (including phenoxy) is 5. The van der Waals surface area contributed by atoms with Gasteiger partial charge in [0.05, 0.1) is 90.6 Å². The van der Waals surface area contributed by atoms with E-state index in [0.717, 1.165) is 12.8 Å². The van der Waals surface area contributed by atoms with Gasteiger partial charge in [0.15, 0.2) is 0 Å². The van der Waals surface area contributed by atoms with Crippen LogP contribution in [-0.4, -0.2) is 98.7 Å². The van der Waals surface area contributed by atoms with Gasteiger partial charge >= 0.3 is 23.9 Å². The van der Waals surface area contributed by atoms with E-state index in [2.05, 4.69) is 0 Å². The fourth-order valence-corrected chi connectivity index (χ4v) is 2.44. The van der Waals surface area contributed by atoms with E-state index >= 15 is 0 Å². The fraction of sp³-hybridized carbons (Fsp3) is 0.810. The van der Waals surface area contributed by atoms with E-state index < -0.39 is 29.3 Å². The highest BCUT2D eigenvalue weighted by Crippen LogP contribution is 2.21. The number of carbonyl (C=O) groups is 4. The summed E-state index contributed by atoms with van der Waals surface area (Å²) >= 11 is 0. The van der Waals surface area contributed by atoms with Crippen molar-refractivity contribution in [3.63, 3.8) is 0 Å². The second-order valence-electron chi connectivity index (χ2n) is 7.47. The first-order valence-corrected chi connectivity index (χ1v) is 10.8. The Morgan fingerprint density at radius 2 is 0.970 bits per heavy atom. The lowest BCUT2D eigenvalue weighted by molar-refractivity contribution is -0.146. The Kier molecular flexibility index (Phi) is 17.9. The van der Waals surface area contributed by atoms with Crippen molar-refractivity contribution >= 4 is 23.9 Å². The number of unbranched alkanes of at least 4 members (excludes halogenated alkanes) is 1. The Labute approximate surface area is 193 Å². The smallest absolute Gasteiger partial charge is 0.308 e. The summed E-state index contributed by atoms with van der Waals surface area (Å²) in [6, 6.07) is 0. The molecule has 0 aromatic heterocycles. The number of carboxylic acid groups (broad SMARTS) is 3. The predicted octanol–water partition coefficient (Wildman–Crippen LogP) is 1.20. The highest BCUT2D eigenvalue weighted by atomic mass is 16.5. The van der Waals surface area contributed by atoms with Crippen LogP contribution >= 0.6 is 0 Å². The van der Waals surface area contributed by atoms with E-state index in [1.165, 1.54) is 0 Å². The molecule has 0 rings (SSSR count). The van der Waals surface area contributed by atoms with Crippen LogP contribution in [0.1, 0.15) is 45.4 Å². The maximum Gasteiger partial charge on any atom is 0.308 e. The van der Waals surface area contributed by atoms with Crippen LogP contribution in [0.4, 0.5) is 0 Å². The first-order valence-electron chi connectivity index (χ1n) is 10.8. The van der Waals surface area contributed by atoms with Gasteiger partial charge in [-0.15, -0.1) is 0 Å². The molecular formula is C21H36O12. The minimum atomic E-state index is -1.03. The van der Waals surface area contributed by atoms with Crippen molar-refractivity contribution in [1.29, 1.82) is 0 Å². The molecule has 0 radical (unpaired) electrons. The number of rotatable bonds is 23. The van der Waals surface area contributed by atoms with Crippen LogP contribution in [0, 0.1) is 5.41 Å². The maximum atomic E-state index is 11.7. The van der Waals surface area contributed by atoms with Gasteiger partial charge < -0.3 is 39.0 Å². The number of esters is 1. The molecule has 0 aliphatic heterocycles. The number of carboxylic acids is 3. The summed E-state index contributed by atoms with van der Waals surface area (Å²) in [5.41, 5.74) is -0.971. The number of aliphatic carboxylic acids is 3. The molecule has 0 aromatic carbocycles. The van der Waals surface area contributed by atoms with Gasteiger partial charge in [-0.2, -0.15) is 0 Å². The minimum Gasteiger partial charge on any atom is -0.481 e. The molecule has 0 saturated heterocycles. The van der Waals surface area contributed by atoms with Gasteiger partial charge in [-0.1, -0.05) is 13.3 Å². The predicted molar refractivity (Wildman–Crippen MR) is 113 cm³/mol. The lowest BCUT2D eigenvalue weighted by Crippen LogP contribution is -2.42. The second kappa shape index (κ2) is 19.2. The largest absolute Gasteiger partial charge is 0.481 e. The van der Waals surface area contributed by atoms with Crippen LogP contribution in [0.15, 0.2) is 0 Å². The molecule has 12 nitrogen and oxygen atoms in total. The molecule has 0 heterocycles. The van der Waals surface area contributed by atoms with Crippen LogP contribution in [0.5, 0.6) is 0 Å². The summed E-state index contributed by atoms with van der Waals surface area (Å²) in [5.74, 6) is -3.50. The van der Waals surface area contributed by atoms with Gasteiger partial charge in [-0.05, 0) is 6.42 Å². The lowest BCUT2D eigenvalue weighted by atomic mass is 9.92. The second-order valence-corrected chi connectivity index (χ2v) is 7.47. The van der Waals surface area contributed by atoms with Gasteiger partial charge in [-0.25, -0.2) is 0 Å². The Hall–Kier alpha value is -2.28. The molecule has 12 heteroatoms. The molecule has 0 bridgehead atoms. The molecule has 0 saturated carbocycles. The molecule has 33 heavy (non-hydrogen) atoms. The third-order valence-corrected chi connectivity index (χ3v) is 4.23. The summed E-state index contributed by atoms with van der Waals surface area (Å²) < 4.78 is 27.1. The summed E-state index contributed by atoms with van der Waals surface area (Å²) in [5, 5.41) is 26.4. The highest BCUT2D eigenvalue weighted by Gasteiger charge is 2.33. The van der Waals surface area contributed by atoms with Crippen molar-refractivity contribution in [2.45, 2.75) is 45.4 Å². The van der Waals surface area contributed by atoms with Crippen molar-refractivity contribution in [3.05, 3.63) is 0 Å². The standard InChI is InChI=1S/C21H36O12/c1-2-3-8-33-20(28)7-12-32-16-21(13-29-9-4-17(22)23,14-30-10-5-18(24)25)15-31-11-6-19(26)27/h2-16H2,1H3,(H,22,23)(H,24,25)(H,26,27). The van der Waals surface area contributed by atoms with Crippen molar-refractivity contribution in [2.75, 3.05) is 59.5 Å². The molecule has 0 amide bonds. The van der Waals surface area contributed by atoms with Gasteiger partial charge in [0.2, 0.25) is 0 Å². The molecule has 3 N–H and O–H groups in total. The monoisotopic (exact) mass is 480 g/mol. The van der Waals surface area contributed by atoms with E-state index in [-0.39, 0.29) is 78.5 Å². The quantitative estimate of drug-likeness (QED) is 0.141. The zero-order chi connectivity index (χ0) is 25.0. The van der Waals surface area contributed by atoms with E-state index in [4.69, 9.17) is 39.0 Å². The topological polar surface area (TPSA) is 175 Å². The molecule has 0 aliphatic rings. The van der Waals surface area contributed by atoms with Crippen LogP contribution in [0.2, 0.25) is 0 Å². The number of carbonyl (C=O) groups excluding carboxylic acids is 1. The normalized spacial score (nSPS) is 11.3. The minimum absolute atomic E-state index is 0.0115. The SMILES string of the molecule is CCCCOC(=O)CCOCC(COCCC(=O)O)(COCCC(=O)O)COCCC(=O)O. The molecular weight excluding hydrogens is 444 g/mol. The Morgan fingerprint density at radius 1 is 0.606 bits per heavy atom. The Balaban J connectivity index is 4.95. The maximum absolute atomic E-state index is 11.7. The highest BCUT2D eigenvalue weighted by molar-refractivity contribution is 5.69. The Bertz CT molecular complexity index is 523. The first-order chi connectivity index (χ1) is 15.7. The van der Waals surface area contributed by atoms with Crippen LogP contribution in [0.25, 0.3) is 0 Å². The first kappa shape index (κ1) is 30.7. The lowest BCUT2D eigenvalue weighted by Gasteiger charge is -2.33. The molecule has 192 valence electrons. The zero-order valence-corrected chi connectivity index (χ0v) is 19.1. The summed E-state index contributed by atoms with van der Waals surface area (Å²) in [6.45, 7) is 2.00. The van der Waals surface area contributed by atoms with Gasteiger partial charge in [0, 0.05) is 0 Å². The van der Waals surface area contributed by atoms with E-state index in [1.807, 2.05) is 6.92 Å². The Morgan fingerprint density at radius 3 is 1.30 bits per heavy atom. The molecule has 0 fully saturated rings. The molecule has 0 atom stereocenters. The third-order valence-electron chi connectivity index (χ3n) is 4.23. The van der Waals surface area contributed by atoms with Crippen molar-refractivity contribution < 1.29 is 58.2 Å². The average molecular weight is 481 g/mol. The summed E-state index contributed by atoms with van der Waals surface area (Å²) in [4.78, 5) is 43.9. The fourth-order valence-electron chi connectivity index (χ4n) is 2.44. The number of hydrogen-bond donors (Lipinski definition) is 3. The van der Waals surface area contributed by atoms with E-state index in [1.54, 1.807) is 0 Å². The zero-order valence-electron chi connectivity index (χ0n) is 19.1. The molecule has 0 aliphatic carbocycles. The van der Waals surface area contributed by atoms with E-state index in [9.17, 15) is 19.2 Å². The molecule has 0 unspecified atom stereocenters. The van der Waals surface area contributed by atoms with Crippen LogP contribution in [-0.2, 0) is 42.9 Å².